The van der Waals surface area contributed by atoms with Crippen LogP contribution in [-0.2, 0) is 11.2 Å². The molecule has 1 aliphatic carbocycles. The van der Waals surface area contributed by atoms with E-state index in [1.807, 2.05) is 11.8 Å². The highest BCUT2D eigenvalue weighted by molar-refractivity contribution is 5.78. The zero-order chi connectivity index (χ0) is 15.1. The van der Waals surface area contributed by atoms with Gasteiger partial charge in [0.05, 0.1) is 12.0 Å². The molecular weight excluding hydrogens is 269 g/mol. The fourth-order valence-electron chi connectivity index (χ4n) is 3.70. The van der Waals surface area contributed by atoms with Crippen LogP contribution in [0.1, 0.15) is 38.2 Å². The van der Waals surface area contributed by atoms with Crippen molar-refractivity contribution in [2.24, 2.45) is 5.41 Å². The minimum atomic E-state index is -0.556. The summed E-state index contributed by atoms with van der Waals surface area (Å²) in [6.45, 7) is 3.36. The van der Waals surface area contributed by atoms with Gasteiger partial charge in [-0.25, -0.2) is 4.39 Å². The molecule has 0 radical (unpaired) electrons. The molecule has 1 aromatic rings. The summed E-state index contributed by atoms with van der Waals surface area (Å²) in [6, 6.07) is 6.10. The molecule has 1 atom stereocenters. The molecule has 1 aromatic carbocycles. The Balaban J connectivity index is 1.57. The van der Waals surface area contributed by atoms with Crippen molar-refractivity contribution in [2.75, 3.05) is 13.1 Å². The molecule has 3 nitrogen and oxygen atoms in total. The number of hydrogen-bond acceptors (Lipinski definition) is 2. The second-order valence-electron chi connectivity index (χ2n) is 6.74. The molecule has 21 heavy (non-hydrogen) atoms. The number of carbonyl (C=O) groups excluding carboxylic acids is 1. The highest BCUT2D eigenvalue weighted by atomic mass is 19.1. The van der Waals surface area contributed by atoms with Gasteiger partial charge in [-0.05, 0) is 50.3 Å². The number of rotatable bonds is 2. The van der Waals surface area contributed by atoms with E-state index in [1.165, 1.54) is 12.1 Å². The SMILES string of the molecule is CC1(O)CCC12CCN(C(=O)Cc1ccc(F)cc1)CC2. The van der Waals surface area contributed by atoms with Crippen LogP contribution < -0.4 is 0 Å². The van der Waals surface area contributed by atoms with Crippen molar-refractivity contribution < 1.29 is 14.3 Å². The van der Waals surface area contributed by atoms with Gasteiger partial charge < -0.3 is 10.0 Å². The molecule has 1 unspecified atom stereocenters. The molecule has 1 saturated heterocycles. The molecular formula is C17H22FNO2. The molecule has 1 spiro atoms. The number of piperidine rings is 1. The summed E-state index contributed by atoms with van der Waals surface area (Å²) in [5.41, 5.74) is 0.316. The lowest BCUT2D eigenvalue weighted by Gasteiger charge is -2.58. The highest BCUT2D eigenvalue weighted by Gasteiger charge is 2.55. The largest absolute Gasteiger partial charge is 0.390 e. The Morgan fingerprint density at radius 2 is 1.81 bits per heavy atom. The van der Waals surface area contributed by atoms with Crippen LogP contribution in [0.25, 0.3) is 0 Å². The quantitative estimate of drug-likeness (QED) is 0.909. The molecule has 114 valence electrons. The second kappa shape index (κ2) is 5.09. The maximum Gasteiger partial charge on any atom is 0.226 e. The average Bonchev–Trinajstić information content (AvgIpc) is 2.48. The third kappa shape index (κ3) is 2.57. The first-order valence-corrected chi connectivity index (χ1v) is 7.67. The van der Waals surface area contributed by atoms with E-state index in [2.05, 4.69) is 0 Å². The van der Waals surface area contributed by atoms with Gasteiger partial charge in [0.15, 0.2) is 0 Å². The van der Waals surface area contributed by atoms with Gasteiger partial charge in [0, 0.05) is 18.5 Å². The first-order valence-electron chi connectivity index (χ1n) is 7.67. The molecule has 0 aromatic heterocycles. The molecule has 1 saturated carbocycles. The van der Waals surface area contributed by atoms with Crippen LogP contribution >= 0.6 is 0 Å². The number of benzene rings is 1. The van der Waals surface area contributed by atoms with Crippen molar-refractivity contribution in [3.63, 3.8) is 0 Å². The lowest BCUT2D eigenvalue weighted by atomic mass is 9.53. The summed E-state index contributed by atoms with van der Waals surface area (Å²) >= 11 is 0. The van der Waals surface area contributed by atoms with Crippen molar-refractivity contribution in [3.8, 4) is 0 Å². The number of hydrogen-bond donors (Lipinski definition) is 1. The van der Waals surface area contributed by atoms with E-state index in [9.17, 15) is 14.3 Å². The number of aliphatic hydroxyl groups is 1. The van der Waals surface area contributed by atoms with Gasteiger partial charge in [-0.15, -0.1) is 0 Å². The minimum absolute atomic E-state index is 0.0274. The summed E-state index contributed by atoms with van der Waals surface area (Å²) < 4.78 is 12.9. The van der Waals surface area contributed by atoms with Crippen LogP contribution in [-0.4, -0.2) is 34.6 Å². The second-order valence-corrected chi connectivity index (χ2v) is 6.74. The van der Waals surface area contributed by atoms with Crippen molar-refractivity contribution in [3.05, 3.63) is 35.6 Å². The summed E-state index contributed by atoms with van der Waals surface area (Å²) in [4.78, 5) is 14.2. The van der Waals surface area contributed by atoms with Crippen LogP contribution in [0.15, 0.2) is 24.3 Å². The van der Waals surface area contributed by atoms with Gasteiger partial charge in [0.1, 0.15) is 5.82 Å². The summed E-state index contributed by atoms with van der Waals surface area (Å²) in [7, 11) is 0. The summed E-state index contributed by atoms with van der Waals surface area (Å²) in [5, 5.41) is 10.3. The lowest BCUT2D eigenvalue weighted by Crippen LogP contribution is -2.60. The molecule has 0 bridgehead atoms. The standard InChI is InChI=1S/C17H22FNO2/c1-16(21)6-7-17(16)8-10-19(11-9-17)15(20)12-13-2-4-14(18)5-3-13/h2-5,21H,6-12H2,1H3. The Bertz CT molecular complexity index is 530. The maximum absolute atomic E-state index is 12.9. The van der Waals surface area contributed by atoms with Crippen LogP contribution in [0.3, 0.4) is 0 Å². The first kappa shape index (κ1) is 14.5. The Hall–Kier alpha value is -1.42. The van der Waals surface area contributed by atoms with Crippen LogP contribution in [0, 0.1) is 11.2 Å². The van der Waals surface area contributed by atoms with Gasteiger partial charge in [0.2, 0.25) is 5.91 Å². The summed E-state index contributed by atoms with van der Waals surface area (Å²) in [5.74, 6) is -0.186. The van der Waals surface area contributed by atoms with Crippen molar-refractivity contribution in [1.82, 2.24) is 4.90 Å². The van der Waals surface area contributed by atoms with Gasteiger partial charge in [-0.2, -0.15) is 0 Å². The monoisotopic (exact) mass is 291 g/mol. The number of amides is 1. The Kier molecular flexibility index (Phi) is 3.52. The summed E-state index contributed by atoms with van der Waals surface area (Å²) in [6.07, 6.45) is 4.03. The van der Waals surface area contributed by atoms with E-state index in [-0.39, 0.29) is 17.1 Å². The van der Waals surface area contributed by atoms with E-state index in [1.54, 1.807) is 12.1 Å². The molecule has 1 aliphatic heterocycles. The first-order chi connectivity index (χ1) is 9.92. The molecule has 2 aliphatic rings. The van der Waals surface area contributed by atoms with E-state index in [0.29, 0.717) is 6.42 Å². The number of likely N-dealkylation sites (tertiary alicyclic amines) is 1. The van der Waals surface area contributed by atoms with Gasteiger partial charge in [-0.3, -0.25) is 4.79 Å². The molecule has 1 amide bonds. The van der Waals surface area contributed by atoms with Gasteiger partial charge >= 0.3 is 0 Å². The Morgan fingerprint density at radius 3 is 2.29 bits per heavy atom. The fraction of sp³-hybridized carbons (Fsp3) is 0.588. The number of carbonyl (C=O) groups is 1. The molecule has 2 fully saturated rings. The van der Waals surface area contributed by atoms with Crippen LogP contribution in [0.5, 0.6) is 0 Å². The minimum Gasteiger partial charge on any atom is -0.390 e. The van der Waals surface area contributed by atoms with Crippen molar-refractivity contribution in [2.45, 2.75) is 44.6 Å². The maximum atomic E-state index is 12.9. The predicted molar refractivity (Wildman–Crippen MR) is 78.2 cm³/mol. The topological polar surface area (TPSA) is 40.5 Å². The van der Waals surface area contributed by atoms with Gasteiger partial charge in [0.25, 0.3) is 0 Å². The number of halogens is 1. The zero-order valence-corrected chi connectivity index (χ0v) is 12.4. The zero-order valence-electron chi connectivity index (χ0n) is 12.4. The van der Waals surface area contributed by atoms with E-state index in [0.717, 1.165) is 44.3 Å². The van der Waals surface area contributed by atoms with E-state index < -0.39 is 5.60 Å². The van der Waals surface area contributed by atoms with Crippen molar-refractivity contribution in [1.29, 1.82) is 0 Å². The Morgan fingerprint density at radius 1 is 1.19 bits per heavy atom. The molecule has 1 heterocycles. The fourth-order valence-corrected chi connectivity index (χ4v) is 3.70. The van der Waals surface area contributed by atoms with Gasteiger partial charge in [-0.1, -0.05) is 12.1 Å². The third-order valence-electron chi connectivity index (χ3n) is 5.57. The molecule has 4 heteroatoms. The normalized spacial score (nSPS) is 27.5. The Labute approximate surface area is 124 Å². The average molecular weight is 291 g/mol. The molecule has 1 N–H and O–H groups in total. The van der Waals surface area contributed by atoms with Crippen LogP contribution in [0.4, 0.5) is 4.39 Å². The van der Waals surface area contributed by atoms with Crippen LogP contribution in [0.2, 0.25) is 0 Å². The van der Waals surface area contributed by atoms with E-state index in [4.69, 9.17) is 0 Å². The lowest BCUT2D eigenvalue weighted by molar-refractivity contribution is -0.180. The number of nitrogens with zero attached hydrogens (tertiary/aromatic N) is 1. The van der Waals surface area contributed by atoms with Crippen molar-refractivity contribution >= 4 is 5.91 Å². The highest BCUT2D eigenvalue weighted by Crippen LogP contribution is 2.56. The predicted octanol–water partition coefficient (Wildman–Crippen LogP) is 2.52. The third-order valence-corrected chi connectivity index (χ3v) is 5.57. The molecule has 3 rings (SSSR count). The smallest absolute Gasteiger partial charge is 0.226 e. The van der Waals surface area contributed by atoms with E-state index >= 15 is 0 Å².